The number of nitrogens with one attached hydrogen (secondary N) is 1. The number of benzene rings is 1. The van der Waals surface area contributed by atoms with Crippen LogP contribution < -0.4 is 5.32 Å². The van der Waals surface area contributed by atoms with Gasteiger partial charge in [-0.25, -0.2) is 0 Å². The number of alkyl halides is 3. The first-order valence-electron chi connectivity index (χ1n) is 5.32. The van der Waals surface area contributed by atoms with E-state index in [4.69, 9.17) is 11.6 Å². The molecule has 1 nitrogen and oxygen atoms in total. The molecule has 0 heterocycles. The maximum Gasteiger partial charge on any atom is 0.285 e. The lowest BCUT2D eigenvalue weighted by Gasteiger charge is -2.21. The molecule has 0 spiro atoms. The number of rotatable bonds is 5. The van der Waals surface area contributed by atoms with Crippen molar-refractivity contribution in [2.75, 3.05) is 12.4 Å². The molecule has 1 aromatic rings. The third-order valence-corrected chi connectivity index (χ3v) is 3.50. The topological polar surface area (TPSA) is 12.0 Å². The molecule has 1 aliphatic rings. The van der Waals surface area contributed by atoms with Crippen molar-refractivity contribution in [1.29, 1.82) is 0 Å². The van der Waals surface area contributed by atoms with Crippen LogP contribution in [0.1, 0.15) is 18.4 Å². The van der Waals surface area contributed by atoms with Gasteiger partial charge in [-0.1, -0.05) is 30.3 Å². The molecule has 16 heavy (non-hydrogen) atoms. The minimum absolute atomic E-state index is 0.0490. The molecule has 0 unspecified atom stereocenters. The highest BCUT2D eigenvalue weighted by Gasteiger charge is 2.44. The first-order chi connectivity index (χ1) is 7.58. The maximum absolute atomic E-state index is 13.7. The van der Waals surface area contributed by atoms with Crippen LogP contribution in [0.2, 0.25) is 0 Å². The van der Waals surface area contributed by atoms with E-state index >= 15 is 0 Å². The molecule has 1 fully saturated rings. The first kappa shape index (κ1) is 11.8. The van der Waals surface area contributed by atoms with Gasteiger partial charge in [-0.15, -0.1) is 11.6 Å². The molecule has 0 atom stereocenters. The van der Waals surface area contributed by atoms with E-state index in [0.29, 0.717) is 5.88 Å². The van der Waals surface area contributed by atoms with Gasteiger partial charge in [-0.3, -0.25) is 0 Å². The van der Waals surface area contributed by atoms with Gasteiger partial charge < -0.3 is 5.32 Å². The van der Waals surface area contributed by atoms with Gasteiger partial charge in [-0.05, 0) is 12.8 Å². The van der Waals surface area contributed by atoms with Gasteiger partial charge in [0.2, 0.25) is 0 Å². The SMILES string of the molecule is FC(F)(CNC1(CCl)CC1)c1ccccc1. The van der Waals surface area contributed by atoms with E-state index in [9.17, 15) is 8.78 Å². The summed E-state index contributed by atoms with van der Waals surface area (Å²) in [5.74, 6) is -2.43. The third-order valence-electron chi connectivity index (χ3n) is 2.99. The first-order valence-corrected chi connectivity index (χ1v) is 5.86. The van der Waals surface area contributed by atoms with Crippen LogP contribution in [0.25, 0.3) is 0 Å². The molecular formula is C12H14ClF2N. The lowest BCUT2D eigenvalue weighted by Crippen LogP contribution is -2.40. The van der Waals surface area contributed by atoms with E-state index in [-0.39, 0.29) is 17.6 Å². The minimum Gasteiger partial charge on any atom is -0.304 e. The van der Waals surface area contributed by atoms with E-state index < -0.39 is 5.92 Å². The Balaban J connectivity index is 1.98. The summed E-state index contributed by atoms with van der Waals surface area (Å²) in [5, 5.41) is 2.88. The Morgan fingerprint density at radius 2 is 1.88 bits per heavy atom. The van der Waals surface area contributed by atoms with Crippen LogP contribution in [-0.4, -0.2) is 18.0 Å². The molecule has 1 aliphatic carbocycles. The fourth-order valence-corrected chi connectivity index (χ4v) is 1.95. The van der Waals surface area contributed by atoms with Crippen LogP contribution >= 0.6 is 11.6 Å². The second-order valence-corrected chi connectivity index (χ2v) is 4.61. The second-order valence-electron chi connectivity index (χ2n) is 4.34. The van der Waals surface area contributed by atoms with Crippen molar-refractivity contribution < 1.29 is 8.78 Å². The Labute approximate surface area is 98.8 Å². The average Bonchev–Trinajstić information content (AvgIpc) is 3.09. The number of halogens is 3. The van der Waals surface area contributed by atoms with Crippen LogP contribution in [0.4, 0.5) is 8.78 Å². The van der Waals surface area contributed by atoms with Gasteiger partial charge >= 0.3 is 0 Å². The van der Waals surface area contributed by atoms with Gasteiger partial charge in [0, 0.05) is 17.0 Å². The molecule has 2 rings (SSSR count). The van der Waals surface area contributed by atoms with Crippen molar-refractivity contribution in [2.45, 2.75) is 24.3 Å². The monoisotopic (exact) mass is 245 g/mol. The second kappa shape index (κ2) is 4.30. The van der Waals surface area contributed by atoms with E-state index in [1.54, 1.807) is 18.2 Å². The summed E-state index contributed by atoms with van der Waals surface area (Å²) in [6.45, 7) is -0.344. The molecule has 0 aromatic heterocycles. The molecule has 1 N–H and O–H groups in total. The van der Waals surface area contributed by atoms with E-state index in [1.165, 1.54) is 12.1 Å². The summed E-state index contributed by atoms with van der Waals surface area (Å²) < 4.78 is 27.5. The van der Waals surface area contributed by atoms with Crippen molar-refractivity contribution in [3.8, 4) is 0 Å². The third kappa shape index (κ3) is 2.53. The van der Waals surface area contributed by atoms with Gasteiger partial charge in [-0.2, -0.15) is 8.78 Å². The van der Waals surface area contributed by atoms with Crippen LogP contribution in [0.15, 0.2) is 30.3 Å². The maximum atomic E-state index is 13.7. The van der Waals surface area contributed by atoms with Gasteiger partial charge in [0.05, 0.1) is 6.54 Å². The summed E-state index contributed by atoms with van der Waals surface area (Å²) in [6, 6.07) is 7.87. The smallest absolute Gasteiger partial charge is 0.285 e. The van der Waals surface area contributed by atoms with E-state index in [0.717, 1.165) is 12.8 Å². The highest BCUT2D eigenvalue weighted by molar-refractivity contribution is 6.18. The Morgan fingerprint density at radius 1 is 1.25 bits per heavy atom. The van der Waals surface area contributed by atoms with E-state index in [1.807, 2.05) is 0 Å². The zero-order chi connectivity index (χ0) is 11.6. The van der Waals surface area contributed by atoms with Gasteiger partial charge in [0.25, 0.3) is 5.92 Å². The Morgan fingerprint density at radius 3 is 2.38 bits per heavy atom. The number of hydrogen-bond donors (Lipinski definition) is 1. The van der Waals surface area contributed by atoms with Crippen molar-refractivity contribution in [3.63, 3.8) is 0 Å². The Bertz CT molecular complexity index is 349. The predicted molar refractivity (Wildman–Crippen MR) is 61.0 cm³/mol. The fraction of sp³-hybridized carbons (Fsp3) is 0.500. The standard InChI is InChI=1S/C12H14ClF2N/c13-8-11(6-7-11)16-9-12(14,15)10-4-2-1-3-5-10/h1-5,16H,6-9H2. The lowest BCUT2D eigenvalue weighted by atomic mass is 10.1. The summed E-state index contributed by atoms with van der Waals surface area (Å²) in [5.41, 5.74) is -0.187. The lowest BCUT2D eigenvalue weighted by molar-refractivity contribution is -0.00605. The number of hydrogen-bond acceptors (Lipinski definition) is 1. The normalized spacial score (nSPS) is 18.4. The highest BCUT2D eigenvalue weighted by Crippen LogP contribution is 2.38. The molecule has 1 aromatic carbocycles. The van der Waals surface area contributed by atoms with Crippen LogP contribution in [-0.2, 0) is 5.92 Å². The summed E-state index contributed by atoms with van der Waals surface area (Å²) in [4.78, 5) is 0. The molecule has 1 saturated carbocycles. The summed E-state index contributed by atoms with van der Waals surface area (Å²) in [6.07, 6.45) is 1.78. The molecule has 88 valence electrons. The molecule has 0 radical (unpaired) electrons. The van der Waals surface area contributed by atoms with Crippen LogP contribution in [0.5, 0.6) is 0 Å². The average molecular weight is 246 g/mol. The highest BCUT2D eigenvalue weighted by atomic mass is 35.5. The predicted octanol–water partition coefficient (Wildman–Crippen LogP) is 3.14. The molecular weight excluding hydrogens is 232 g/mol. The van der Waals surface area contributed by atoms with Crippen LogP contribution in [0, 0.1) is 0 Å². The molecule has 0 amide bonds. The largest absolute Gasteiger partial charge is 0.304 e. The molecule has 0 bridgehead atoms. The minimum atomic E-state index is -2.83. The molecule has 0 saturated heterocycles. The van der Waals surface area contributed by atoms with Crippen molar-refractivity contribution in [3.05, 3.63) is 35.9 Å². The van der Waals surface area contributed by atoms with Crippen molar-refractivity contribution >= 4 is 11.6 Å². The van der Waals surface area contributed by atoms with Crippen molar-refractivity contribution in [1.82, 2.24) is 5.32 Å². The van der Waals surface area contributed by atoms with E-state index in [2.05, 4.69) is 5.32 Å². The molecule has 0 aliphatic heterocycles. The summed E-state index contributed by atoms with van der Waals surface area (Å²) >= 11 is 5.72. The van der Waals surface area contributed by atoms with Gasteiger partial charge in [0.1, 0.15) is 0 Å². The molecule has 4 heteroatoms. The van der Waals surface area contributed by atoms with Gasteiger partial charge in [0.15, 0.2) is 0 Å². The Kier molecular flexibility index (Phi) is 3.17. The quantitative estimate of drug-likeness (QED) is 0.786. The fourth-order valence-electron chi connectivity index (χ4n) is 1.59. The van der Waals surface area contributed by atoms with Crippen molar-refractivity contribution in [2.24, 2.45) is 0 Å². The Hall–Kier alpha value is -0.670. The summed E-state index contributed by atoms with van der Waals surface area (Å²) in [7, 11) is 0. The zero-order valence-corrected chi connectivity index (χ0v) is 9.61. The van der Waals surface area contributed by atoms with Crippen LogP contribution in [0.3, 0.4) is 0 Å². The zero-order valence-electron chi connectivity index (χ0n) is 8.85.